The smallest absolute Gasteiger partial charge is 0.303 e. The van der Waals surface area contributed by atoms with Gasteiger partial charge in [-0.15, -0.1) is 0 Å². The minimum absolute atomic E-state index is 0.397. The van der Waals surface area contributed by atoms with Gasteiger partial charge in [-0.3, -0.25) is 26.8 Å². The first-order chi connectivity index (χ1) is 12.1. The second kappa shape index (κ2) is 9.74. The van der Waals surface area contributed by atoms with E-state index in [1.54, 1.807) is 0 Å². The van der Waals surface area contributed by atoms with Gasteiger partial charge in [0.2, 0.25) is 0 Å². The van der Waals surface area contributed by atoms with Gasteiger partial charge in [0.25, 0.3) is 5.79 Å². The number of hydrogen-bond donors (Lipinski definition) is 0. The SMILES string of the molecule is CC(=O)OC[C@H]1O[C@](OBr)(C(C)=O)[C@H](OBr)[C@@H](OC(C)=O)[C@H]1OC(C)=O. The first-order valence-electron chi connectivity index (χ1n) is 7.32. The Labute approximate surface area is 166 Å². The third kappa shape index (κ3) is 5.22. The molecule has 1 aliphatic heterocycles. The van der Waals surface area contributed by atoms with Crippen molar-refractivity contribution < 1.29 is 45.8 Å². The predicted octanol–water partition coefficient (Wildman–Crippen LogP) is 1.12. The predicted molar refractivity (Wildman–Crippen MR) is 89.8 cm³/mol. The van der Waals surface area contributed by atoms with E-state index in [0.717, 1.165) is 27.7 Å². The average Bonchev–Trinajstić information content (AvgIpc) is 2.53. The molecule has 26 heavy (non-hydrogen) atoms. The molecule has 1 aliphatic rings. The molecular weight excluding hydrogens is 488 g/mol. The highest BCUT2D eigenvalue weighted by molar-refractivity contribution is 9.06. The minimum atomic E-state index is -2.08. The van der Waals surface area contributed by atoms with Crippen LogP contribution in [-0.4, -0.2) is 60.5 Å². The van der Waals surface area contributed by atoms with Gasteiger partial charge < -0.3 is 18.9 Å². The molecule has 0 N–H and O–H groups in total. The molecule has 0 saturated carbocycles. The van der Waals surface area contributed by atoms with Gasteiger partial charge in [0.15, 0.2) is 24.1 Å². The molecule has 1 rings (SSSR count). The summed E-state index contributed by atoms with van der Waals surface area (Å²) in [6, 6.07) is 0. The van der Waals surface area contributed by atoms with Crippen LogP contribution in [0.15, 0.2) is 0 Å². The zero-order valence-electron chi connectivity index (χ0n) is 14.4. The molecule has 0 aromatic heterocycles. The molecule has 0 radical (unpaired) electrons. The van der Waals surface area contributed by atoms with Crippen molar-refractivity contribution in [3.63, 3.8) is 0 Å². The second-order valence-electron chi connectivity index (χ2n) is 5.42. The van der Waals surface area contributed by atoms with Crippen LogP contribution in [0.2, 0.25) is 0 Å². The topological polar surface area (TPSA) is 124 Å². The molecule has 0 unspecified atom stereocenters. The van der Waals surface area contributed by atoms with Crippen LogP contribution in [0.1, 0.15) is 27.7 Å². The molecule has 0 spiro atoms. The summed E-state index contributed by atoms with van der Waals surface area (Å²) in [4.78, 5) is 46.4. The second-order valence-corrected chi connectivity index (χ2v) is 6.12. The van der Waals surface area contributed by atoms with E-state index in [4.69, 9.17) is 26.6 Å². The number of hydrogen-bond acceptors (Lipinski definition) is 10. The molecule has 1 saturated heterocycles. The maximum Gasteiger partial charge on any atom is 0.303 e. The Hall–Kier alpha value is -1.08. The number of halogens is 2. The molecule has 12 heteroatoms. The lowest BCUT2D eigenvalue weighted by Crippen LogP contribution is -2.69. The summed E-state index contributed by atoms with van der Waals surface area (Å²) in [5, 5.41) is 0. The Morgan fingerprint density at radius 3 is 1.85 bits per heavy atom. The summed E-state index contributed by atoms with van der Waals surface area (Å²) in [5.41, 5.74) is 0. The van der Waals surface area contributed by atoms with Crippen molar-refractivity contribution >= 4 is 56.2 Å². The highest BCUT2D eigenvalue weighted by Gasteiger charge is 2.62. The van der Waals surface area contributed by atoms with Crippen LogP contribution in [0, 0.1) is 0 Å². The van der Waals surface area contributed by atoms with Gasteiger partial charge in [0, 0.05) is 27.7 Å². The van der Waals surface area contributed by atoms with Crippen LogP contribution in [-0.2, 0) is 45.8 Å². The van der Waals surface area contributed by atoms with E-state index in [9.17, 15) is 19.2 Å². The largest absolute Gasteiger partial charge is 0.463 e. The van der Waals surface area contributed by atoms with Gasteiger partial charge in [0.05, 0.1) is 16.3 Å². The van der Waals surface area contributed by atoms with Crippen molar-refractivity contribution in [1.29, 1.82) is 0 Å². The molecule has 0 aromatic carbocycles. The molecule has 5 atom stereocenters. The Morgan fingerprint density at radius 2 is 1.46 bits per heavy atom. The molecule has 148 valence electrons. The molecule has 0 aromatic rings. The summed E-state index contributed by atoms with van der Waals surface area (Å²) in [6.45, 7) is 4.17. The van der Waals surface area contributed by atoms with E-state index in [0.29, 0.717) is 0 Å². The van der Waals surface area contributed by atoms with Crippen molar-refractivity contribution in [2.45, 2.75) is 57.9 Å². The van der Waals surface area contributed by atoms with E-state index in [2.05, 4.69) is 32.5 Å². The highest BCUT2D eigenvalue weighted by Crippen LogP contribution is 2.39. The number of Topliss-reactive ketones (excluding diaryl/α,β-unsaturated/α-hetero) is 1. The highest BCUT2D eigenvalue weighted by atomic mass is 79.9. The lowest BCUT2D eigenvalue weighted by atomic mass is 9.90. The van der Waals surface area contributed by atoms with Crippen molar-refractivity contribution in [2.24, 2.45) is 0 Å². The van der Waals surface area contributed by atoms with Gasteiger partial charge in [-0.2, -0.15) is 0 Å². The third-order valence-electron chi connectivity index (χ3n) is 3.45. The number of carbonyl (C=O) groups is 4. The fourth-order valence-corrected chi connectivity index (χ4v) is 3.40. The summed E-state index contributed by atoms with van der Waals surface area (Å²) in [5.74, 6) is -4.81. The summed E-state index contributed by atoms with van der Waals surface area (Å²) >= 11 is 5.47. The van der Waals surface area contributed by atoms with Crippen LogP contribution in [0.25, 0.3) is 0 Å². The number of ketones is 1. The molecule has 10 nitrogen and oxygen atoms in total. The van der Waals surface area contributed by atoms with Crippen molar-refractivity contribution in [1.82, 2.24) is 0 Å². The van der Waals surface area contributed by atoms with Crippen LogP contribution in [0.3, 0.4) is 0 Å². The Morgan fingerprint density at radius 1 is 0.923 bits per heavy atom. The zero-order chi connectivity index (χ0) is 20.1. The fourth-order valence-electron chi connectivity index (χ4n) is 2.45. The summed E-state index contributed by atoms with van der Waals surface area (Å²) < 4.78 is 31.1. The Balaban J connectivity index is 3.40. The van der Waals surface area contributed by atoms with Gasteiger partial charge in [0.1, 0.15) is 29.0 Å². The molecule has 0 amide bonds. The summed E-state index contributed by atoms with van der Waals surface area (Å²) in [7, 11) is 0. The van der Waals surface area contributed by atoms with Gasteiger partial charge in [-0.1, -0.05) is 0 Å². The standard InChI is InChI=1S/C14H18Br2O10/c1-6(17)14(26-16)13(25-15)12(23-9(4)20)11(22-8(3)19)10(24-14)5-21-7(2)18/h10-13H,5H2,1-4H3/t10-,11+,12+,13-,14+/m1/s1. The molecule has 0 bridgehead atoms. The van der Waals surface area contributed by atoms with Crippen LogP contribution in [0.5, 0.6) is 0 Å². The van der Waals surface area contributed by atoms with E-state index in [1.165, 1.54) is 0 Å². The van der Waals surface area contributed by atoms with Gasteiger partial charge in [-0.25, -0.2) is 0 Å². The quantitative estimate of drug-likeness (QED) is 0.367. The Bertz CT molecular complexity index is 568. The lowest BCUT2D eigenvalue weighted by molar-refractivity contribution is -0.310. The minimum Gasteiger partial charge on any atom is -0.463 e. The van der Waals surface area contributed by atoms with E-state index < -0.39 is 60.5 Å². The zero-order valence-corrected chi connectivity index (χ0v) is 17.5. The van der Waals surface area contributed by atoms with Gasteiger partial charge >= 0.3 is 17.9 Å². The maximum absolute atomic E-state index is 12.2. The first kappa shape index (κ1) is 23.0. The third-order valence-corrected chi connectivity index (χ3v) is 4.33. The van der Waals surface area contributed by atoms with Crippen LogP contribution >= 0.6 is 32.5 Å². The van der Waals surface area contributed by atoms with Gasteiger partial charge in [-0.05, 0) is 0 Å². The first-order valence-corrected chi connectivity index (χ1v) is 8.62. The normalized spacial score (nSPS) is 31.0. The number of rotatable bonds is 7. The number of carbonyl (C=O) groups excluding carboxylic acids is 4. The van der Waals surface area contributed by atoms with E-state index in [1.807, 2.05) is 0 Å². The van der Waals surface area contributed by atoms with E-state index >= 15 is 0 Å². The lowest BCUT2D eigenvalue weighted by Gasteiger charge is -2.47. The maximum atomic E-state index is 12.2. The van der Waals surface area contributed by atoms with Crippen LogP contribution < -0.4 is 0 Å². The average molecular weight is 506 g/mol. The van der Waals surface area contributed by atoms with Crippen molar-refractivity contribution in [3.8, 4) is 0 Å². The number of esters is 3. The summed E-state index contributed by atoms with van der Waals surface area (Å²) in [6.07, 6.45) is -5.10. The number of ether oxygens (including phenoxy) is 4. The Kier molecular flexibility index (Phi) is 8.60. The fraction of sp³-hybridized carbons (Fsp3) is 0.714. The monoisotopic (exact) mass is 504 g/mol. The van der Waals surface area contributed by atoms with Crippen LogP contribution in [0.4, 0.5) is 0 Å². The molecule has 1 fully saturated rings. The molecular formula is C14H18Br2O10. The molecule has 1 heterocycles. The molecule has 0 aliphatic carbocycles. The van der Waals surface area contributed by atoms with Crippen molar-refractivity contribution in [2.75, 3.05) is 6.61 Å². The van der Waals surface area contributed by atoms with Crippen molar-refractivity contribution in [3.05, 3.63) is 0 Å². The van der Waals surface area contributed by atoms with E-state index in [-0.39, 0.29) is 0 Å².